The van der Waals surface area contributed by atoms with Crippen LogP contribution < -0.4 is 0 Å². The van der Waals surface area contributed by atoms with Crippen LogP contribution in [0.4, 0.5) is 0 Å². The molecule has 31 heavy (non-hydrogen) atoms. The Morgan fingerprint density at radius 3 is 2.45 bits per heavy atom. The van der Waals surface area contributed by atoms with Gasteiger partial charge in [-0.25, -0.2) is 0 Å². The molecule has 4 aliphatic carbocycles. The van der Waals surface area contributed by atoms with Crippen molar-refractivity contribution < 1.29 is 5.11 Å². The first-order valence-electron chi connectivity index (χ1n) is 13.7. The van der Waals surface area contributed by atoms with Crippen molar-refractivity contribution in [1.82, 2.24) is 0 Å². The Balaban J connectivity index is 1.54. The van der Waals surface area contributed by atoms with E-state index in [1.165, 1.54) is 64.2 Å². The zero-order valence-corrected chi connectivity index (χ0v) is 21.7. The summed E-state index contributed by atoms with van der Waals surface area (Å²) >= 11 is 0. The van der Waals surface area contributed by atoms with Gasteiger partial charge < -0.3 is 5.11 Å². The van der Waals surface area contributed by atoms with Crippen LogP contribution in [0.15, 0.2) is 22.8 Å². The Hall–Kier alpha value is -0.560. The van der Waals surface area contributed by atoms with E-state index in [0.717, 1.165) is 24.2 Å². The summed E-state index contributed by atoms with van der Waals surface area (Å²) in [6, 6.07) is 0. The molecule has 0 aromatic heterocycles. The number of hydrogen-bond donors (Lipinski definition) is 1. The number of aliphatic hydroxyl groups excluding tert-OH is 1. The number of hydrogen-bond acceptors (Lipinski definition) is 1. The summed E-state index contributed by atoms with van der Waals surface area (Å²) in [7, 11) is 0. The van der Waals surface area contributed by atoms with Gasteiger partial charge in [0, 0.05) is 0 Å². The number of rotatable bonds is 6. The Morgan fingerprint density at radius 1 is 1.00 bits per heavy atom. The van der Waals surface area contributed by atoms with Crippen LogP contribution >= 0.6 is 0 Å². The fraction of sp³-hybridized carbons (Fsp3) is 0.867. The highest BCUT2D eigenvalue weighted by molar-refractivity contribution is 5.49. The van der Waals surface area contributed by atoms with Crippen LogP contribution in [0.5, 0.6) is 0 Å². The van der Waals surface area contributed by atoms with E-state index in [0.29, 0.717) is 16.7 Å². The van der Waals surface area contributed by atoms with Crippen molar-refractivity contribution >= 4 is 0 Å². The van der Waals surface area contributed by atoms with E-state index in [-0.39, 0.29) is 11.5 Å². The molecule has 0 saturated heterocycles. The molecule has 1 saturated carbocycles. The lowest BCUT2D eigenvalue weighted by atomic mass is 9.46. The molecule has 176 valence electrons. The van der Waals surface area contributed by atoms with Crippen molar-refractivity contribution in [2.24, 2.45) is 39.9 Å². The Morgan fingerprint density at radius 2 is 1.74 bits per heavy atom. The van der Waals surface area contributed by atoms with Crippen molar-refractivity contribution in [1.29, 1.82) is 0 Å². The highest BCUT2D eigenvalue weighted by atomic mass is 16.3. The maximum atomic E-state index is 10.8. The van der Waals surface area contributed by atoms with Crippen LogP contribution in [0.25, 0.3) is 0 Å². The van der Waals surface area contributed by atoms with Gasteiger partial charge in [0.2, 0.25) is 0 Å². The normalized spacial score (nSPS) is 41.2. The monoisotopic (exact) mass is 426 g/mol. The van der Waals surface area contributed by atoms with Gasteiger partial charge >= 0.3 is 0 Å². The average Bonchev–Trinajstić information content (AvgIpc) is 3.08. The lowest BCUT2D eigenvalue weighted by Gasteiger charge is -2.59. The van der Waals surface area contributed by atoms with Crippen LogP contribution in [0.3, 0.4) is 0 Å². The quantitative estimate of drug-likeness (QED) is 0.451. The van der Waals surface area contributed by atoms with Crippen molar-refractivity contribution in [2.45, 2.75) is 125 Å². The summed E-state index contributed by atoms with van der Waals surface area (Å²) < 4.78 is 0. The van der Waals surface area contributed by atoms with E-state index >= 15 is 0 Å². The molecule has 0 heterocycles. The molecular formula is C30H50O. The molecule has 4 rings (SSSR count). The Bertz CT molecular complexity index is 742. The maximum Gasteiger partial charge on any atom is 0.0594 e. The number of aliphatic hydroxyl groups is 1. The molecule has 1 heteroatoms. The molecule has 0 spiro atoms. The minimum atomic E-state index is -0.132. The minimum absolute atomic E-state index is 0.0447. The second kappa shape index (κ2) is 8.34. The molecule has 1 unspecified atom stereocenters. The number of fused-ring (bicyclic) bond motifs is 4. The predicted octanol–water partition coefficient (Wildman–Crippen LogP) is 8.48. The van der Waals surface area contributed by atoms with Gasteiger partial charge in [0.05, 0.1) is 6.10 Å². The average molecular weight is 427 g/mol. The van der Waals surface area contributed by atoms with E-state index in [9.17, 15) is 5.11 Å². The molecule has 1 N–H and O–H groups in total. The van der Waals surface area contributed by atoms with Crippen molar-refractivity contribution in [3.63, 3.8) is 0 Å². The molecule has 0 aromatic rings. The summed E-state index contributed by atoms with van der Waals surface area (Å²) in [4.78, 5) is 0. The third kappa shape index (κ3) is 3.70. The first-order valence-corrected chi connectivity index (χ1v) is 13.7. The second-order valence-corrected chi connectivity index (χ2v) is 13.1. The summed E-state index contributed by atoms with van der Waals surface area (Å²) in [5.41, 5.74) is 6.09. The SMILES string of the molecule is CCC(C)CCC[C@@H](C)[C@H]1CC=C2C3=C(CC[C@@]21C)[C@@]1(C)CC[C@H](O)C(C)(C)[C@@H]1CC3. The molecule has 0 bridgehead atoms. The van der Waals surface area contributed by atoms with Gasteiger partial charge in [-0.05, 0) is 96.0 Å². The van der Waals surface area contributed by atoms with Crippen LogP contribution in [-0.2, 0) is 0 Å². The molecule has 0 aliphatic heterocycles. The van der Waals surface area contributed by atoms with E-state index in [2.05, 4.69) is 54.5 Å². The number of allylic oxidation sites excluding steroid dienone is 4. The predicted molar refractivity (Wildman–Crippen MR) is 133 cm³/mol. The topological polar surface area (TPSA) is 20.2 Å². The van der Waals surface area contributed by atoms with Crippen LogP contribution in [0, 0.1) is 39.9 Å². The van der Waals surface area contributed by atoms with E-state index in [4.69, 9.17) is 0 Å². The molecule has 4 aliphatic rings. The first-order chi connectivity index (χ1) is 14.6. The Labute approximate surface area is 193 Å². The third-order valence-electron chi connectivity index (χ3n) is 11.2. The smallest absolute Gasteiger partial charge is 0.0594 e. The van der Waals surface area contributed by atoms with Crippen LogP contribution in [0.2, 0.25) is 0 Å². The zero-order valence-electron chi connectivity index (χ0n) is 21.7. The van der Waals surface area contributed by atoms with Gasteiger partial charge in [0.25, 0.3) is 0 Å². The molecule has 1 nitrogen and oxygen atoms in total. The Kier molecular flexibility index (Phi) is 6.35. The fourth-order valence-electron chi connectivity index (χ4n) is 8.77. The van der Waals surface area contributed by atoms with Gasteiger partial charge in [-0.2, -0.15) is 0 Å². The van der Waals surface area contributed by atoms with E-state index in [1.54, 1.807) is 16.7 Å². The lowest BCUT2D eigenvalue weighted by Crippen LogP contribution is -2.53. The first kappa shape index (κ1) is 23.6. The summed E-state index contributed by atoms with van der Waals surface area (Å²) in [5.74, 6) is 3.19. The summed E-state index contributed by atoms with van der Waals surface area (Å²) in [5, 5.41) is 10.8. The molecule has 0 amide bonds. The standard InChI is InChI=1S/C30H50O/c1-8-20(2)10-9-11-21(3)23-13-14-24-22-12-15-26-28(4,5)27(31)17-19-30(26,7)25(22)16-18-29(23,24)6/h14,20-21,23,26-27,31H,8-13,15-19H2,1-7H3/t20?,21-,23-,26+,27+,29-,30-/m1/s1. The van der Waals surface area contributed by atoms with E-state index in [1.807, 2.05) is 0 Å². The lowest BCUT2D eigenvalue weighted by molar-refractivity contribution is -0.0905. The molecule has 0 radical (unpaired) electrons. The molecule has 1 fully saturated rings. The molecule has 7 atom stereocenters. The minimum Gasteiger partial charge on any atom is -0.393 e. The van der Waals surface area contributed by atoms with Crippen LogP contribution in [0.1, 0.15) is 119 Å². The summed E-state index contributed by atoms with van der Waals surface area (Å²) in [6.45, 7) is 17.2. The largest absolute Gasteiger partial charge is 0.393 e. The van der Waals surface area contributed by atoms with Gasteiger partial charge in [-0.1, -0.05) is 85.8 Å². The highest BCUT2D eigenvalue weighted by Gasteiger charge is 2.57. The molecule has 0 aromatic carbocycles. The second-order valence-electron chi connectivity index (χ2n) is 13.1. The molecular weight excluding hydrogens is 376 g/mol. The van der Waals surface area contributed by atoms with Crippen molar-refractivity contribution in [2.75, 3.05) is 0 Å². The fourth-order valence-corrected chi connectivity index (χ4v) is 8.77. The van der Waals surface area contributed by atoms with E-state index < -0.39 is 0 Å². The zero-order chi connectivity index (χ0) is 22.6. The van der Waals surface area contributed by atoms with Crippen molar-refractivity contribution in [3.05, 3.63) is 22.8 Å². The maximum absolute atomic E-state index is 10.8. The highest BCUT2D eigenvalue weighted by Crippen LogP contribution is 2.66. The third-order valence-corrected chi connectivity index (χ3v) is 11.2. The van der Waals surface area contributed by atoms with Crippen molar-refractivity contribution in [3.8, 4) is 0 Å². The van der Waals surface area contributed by atoms with Gasteiger partial charge in [0.15, 0.2) is 0 Å². The van der Waals surface area contributed by atoms with Gasteiger partial charge in [-0.15, -0.1) is 0 Å². The summed E-state index contributed by atoms with van der Waals surface area (Å²) in [6.07, 6.45) is 16.7. The van der Waals surface area contributed by atoms with Gasteiger partial charge in [-0.3, -0.25) is 0 Å². The van der Waals surface area contributed by atoms with Crippen LogP contribution in [-0.4, -0.2) is 11.2 Å². The van der Waals surface area contributed by atoms with Gasteiger partial charge in [0.1, 0.15) is 0 Å².